The highest BCUT2D eigenvalue weighted by Crippen LogP contribution is 2.34. The molecule has 1 N–H and O–H groups in total. The fourth-order valence-corrected chi connectivity index (χ4v) is 2.88. The van der Waals surface area contributed by atoms with Crippen molar-refractivity contribution in [3.8, 4) is 0 Å². The number of nitrogens with one attached hydrogen (secondary N) is 1. The van der Waals surface area contributed by atoms with Crippen LogP contribution in [-0.2, 0) is 4.74 Å². The van der Waals surface area contributed by atoms with Crippen LogP contribution in [-0.4, -0.2) is 49.1 Å². The molecule has 0 bridgehead atoms. The molecule has 1 aromatic heterocycles. The van der Waals surface area contributed by atoms with Gasteiger partial charge in [-0.1, -0.05) is 12.8 Å². The zero-order valence-corrected chi connectivity index (χ0v) is 12.5. The molecule has 0 spiro atoms. The Bertz CT molecular complexity index is 468. The molecule has 1 heterocycles. The molecule has 1 aromatic rings. The first-order valence-corrected chi connectivity index (χ1v) is 7.04. The van der Waals surface area contributed by atoms with E-state index in [-0.39, 0.29) is 11.5 Å². The van der Waals surface area contributed by atoms with Gasteiger partial charge < -0.3 is 15.0 Å². The number of aromatic nitrogens is 1. The Morgan fingerprint density at radius 1 is 1.45 bits per heavy atom. The molecule has 2 rings (SSSR count). The molecule has 1 fully saturated rings. The van der Waals surface area contributed by atoms with Crippen LogP contribution in [0, 0.1) is 0 Å². The largest absolute Gasteiger partial charge is 0.465 e. The Morgan fingerprint density at radius 2 is 2.15 bits per heavy atom. The van der Waals surface area contributed by atoms with E-state index in [1.54, 1.807) is 18.3 Å². The summed E-state index contributed by atoms with van der Waals surface area (Å²) in [6.45, 7) is 0.793. The molecule has 1 aliphatic carbocycles. The van der Waals surface area contributed by atoms with E-state index in [0.717, 1.165) is 6.54 Å². The number of hydrogen-bond donors (Lipinski definition) is 1. The predicted octanol–water partition coefficient (Wildman–Crippen LogP) is 2.15. The van der Waals surface area contributed by atoms with Crippen molar-refractivity contribution in [2.45, 2.75) is 31.2 Å². The highest BCUT2D eigenvalue weighted by molar-refractivity contribution is 5.94. The van der Waals surface area contributed by atoms with Crippen LogP contribution in [0.5, 0.6) is 0 Å². The van der Waals surface area contributed by atoms with Crippen molar-refractivity contribution in [1.29, 1.82) is 0 Å². The van der Waals surface area contributed by atoms with Gasteiger partial charge in [0, 0.05) is 18.3 Å². The van der Waals surface area contributed by atoms with Gasteiger partial charge in [-0.15, -0.1) is 0 Å². The van der Waals surface area contributed by atoms with Crippen LogP contribution in [0.25, 0.3) is 0 Å². The van der Waals surface area contributed by atoms with Gasteiger partial charge in [-0.05, 0) is 39.1 Å². The molecule has 1 aliphatic rings. The van der Waals surface area contributed by atoms with Gasteiger partial charge in [0.05, 0.1) is 7.11 Å². The number of pyridine rings is 1. The summed E-state index contributed by atoms with van der Waals surface area (Å²) in [4.78, 5) is 18.3. The summed E-state index contributed by atoms with van der Waals surface area (Å²) < 4.78 is 4.79. The van der Waals surface area contributed by atoms with E-state index < -0.39 is 0 Å². The first-order chi connectivity index (χ1) is 9.59. The molecule has 5 heteroatoms. The van der Waals surface area contributed by atoms with Gasteiger partial charge in [0.15, 0.2) is 0 Å². The average molecular weight is 277 g/mol. The van der Waals surface area contributed by atoms with E-state index in [2.05, 4.69) is 29.3 Å². The van der Waals surface area contributed by atoms with Crippen LogP contribution in [0.3, 0.4) is 0 Å². The minimum atomic E-state index is -0.356. The van der Waals surface area contributed by atoms with Crippen molar-refractivity contribution in [2.75, 3.05) is 33.1 Å². The Labute approximate surface area is 120 Å². The second kappa shape index (κ2) is 6.22. The number of anilines is 1. The summed E-state index contributed by atoms with van der Waals surface area (Å²) in [7, 11) is 5.62. The van der Waals surface area contributed by atoms with Crippen molar-refractivity contribution in [3.63, 3.8) is 0 Å². The highest BCUT2D eigenvalue weighted by atomic mass is 16.5. The lowest BCUT2D eigenvalue weighted by atomic mass is 9.96. The summed E-state index contributed by atoms with van der Waals surface area (Å²) in [5.74, 6) is 0.249. The van der Waals surface area contributed by atoms with Gasteiger partial charge >= 0.3 is 5.97 Å². The van der Waals surface area contributed by atoms with E-state index >= 15 is 0 Å². The second-order valence-electron chi connectivity index (χ2n) is 5.57. The number of esters is 1. The summed E-state index contributed by atoms with van der Waals surface area (Å²) in [6, 6.07) is 3.48. The molecule has 0 amide bonds. The minimum absolute atomic E-state index is 0.158. The molecule has 1 saturated carbocycles. The number of carbonyl (C=O) groups is 1. The fraction of sp³-hybridized carbons (Fsp3) is 0.600. The van der Waals surface area contributed by atoms with Gasteiger partial charge in [0.2, 0.25) is 0 Å². The maximum Gasteiger partial charge on any atom is 0.341 e. The molecule has 20 heavy (non-hydrogen) atoms. The first kappa shape index (κ1) is 14.8. The summed E-state index contributed by atoms with van der Waals surface area (Å²) in [5.41, 5.74) is 0.646. The Hall–Kier alpha value is -1.62. The number of rotatable bonds is 5. The third-order valence-electron chi connectivity index (χ3n) is 4.28. The van der Waals surface area contributed by atoms with E-state index in [0.29, 0.717) is 11.4 Å². The molecule has 0 saturated heterocycles. The Balaban J connectivity index is 2.12. The second-order valence-corrected chi connectivity index (χ2v) is 5.57. The van der Waals surface area contributed by atoms with Crippen LogP contribution in [0.1, 0.15) is 36.0 Å². The van der Waals surface area contributed by atoms with Crippen molar-refractivity contribution in [1.82, 2.24) is 9.88 Å². The van der Waals surface area contributed by atoms with Crippen molar-refractivity contribution < 1.29 is 9.53 Å². The monoisotopic (exact) mass is 277 g/mol. The molecule has 0 aromatic carbocycles. The van der Waals surface area contributed by atoms with Crippen LogP contribution < -0.4 is 5.32 Å². The number of carbonyl (C=O) groups excluding carboxylic acids is 1. The van der Waals surface area contributed by atoms with Crippen LogP contribution in [0.2, 0.25) is 0 Å². The molecule has 0 unspecified atom stereocenters. The van der Waals surface area contributed by atoms with Crippen molar-refractivity contribution in [3.05, 3.63) is 23.9 Å². The van der Waals surface area contributed by atoms with E-state index in [4.69, 9.17) is 4.74 Å². The van der Waals surface area contributed by atoms with E-state index in [1.165, 1.54) is 32.8 Å². The standard InChI is InChI=1S/C15H23N3O2/c1-18(2)15(8-4-5-9-15)11-17-13-12(14(19)20-3)7-6-10-16-13/h6-7,10H,4-5,8-9,11H2,1-3H3,(H,16,17). The van der Waals surface area contributed by atoms with Crippen molar-refractivity contribution in [2.24, 2.45) is 0 Å². The predicted molar refractivity (Wildman–Crippen MR) is 79.0 cm³/mol. The molecule has 110 valence electrons. The molecule has 0 radical (unpaired) electrons. The zero-order chi connectivity index (χ0) is 14.6. The molecular weight excluding hydrogens is 254 g/mol. The smallest absolute Gasteiger partial charge is 0.341 e. The van der Waals surface area contributed by atoms with Crippen LogP contribution >= 0.6 is 0 Å². The molecule has 0 atom stereocenters. The van der Waals surface area contributed by atoms with E-state index in [9.17, 15) is 4.79 Å². The number of hydrogen-bond acceptors (Lipinski definition) is 5. The van der Waals surface area contributed by atoms with Gasteiger partial charge in [-0.2, -0.15) is 0 Å². The number of likely N-dealkylation sites (N-methyl/N-ethyl adjacent to an activating group) is 1. The topological polar surface area (TPSA) is 54.5 Å². The van der Waals surface area contributed by atoms with Crippen LogP contribution in [0.15, 0.2) is 18.3 Å². The third-order valence-corrected chi connectivity index (χ3v) is 4.28. The summed E-state index contributed by atoms with van der Waals surface area (Å²) in [5, 5.41) is 3.34. The summed E-state index contributed by atoms with van der Waals surface area (Å²) >= 11 is 0. The molecular formula is C15H23N3O2. The fourth-order valence-electron chi connectivity index (χ4n) is 2.88. The Kier molecular flexibility index (Phi) is 4.60. The number of methoxy groups -OCH3 is 1. The highest BCUT2D eigenvalue weighted by Gasteiger charge is 2.36. The first-order valence-electron chi connectivity index (χ1n) is 7.04. The lowest BCUT2D eigenvalue weighted by molar-refractivity contribution is 0.0601. The quantitative estimate of drug-likeness (QED) is 0.836. The maximum atomic E-state index is 11.7. The number of nitrogens with zero attached hydrogens (tertiary/aromatic N) is 2. The van der Waals surface area contributed by atoms with Gasteiger partial charge in [0.1, 0.15) is 11.4 Å². The van der Waals surface area contributed by atoms with E-state index in [1.807, 2.05) is 0 Å². The van der Waals surface area contributed by atoms with Crippen molar-refractivity contribution >= 4 is 11.8 Å². The zero-order valence-electron chi connectivity index (χ0n) is 12.5. The third kappa shape index (κ3) is 2.93. The maximum absolute atomic E-state index is 11.7. The van der Waals surface area contributed by atoms with Crippen LogP contribution in [0.4, 0.5) is 5.82 Å². The van der Waals surface area contributed by atoms with Gasteiger partial charge in [0.25, 0.3) is 0 Å². The SMILES string of the molecule is COC(=O)c1cccnc1NCC1(N(C)C)CCCC1. The molecule has 5 nitrogen and oxygen atoms in total. The Morgan fingerprint density at radius 3 is 2.75 bits per heavy atom. The number of ether oxygens (including phenoxy) is 1. The van der Waals surface area contributed by atoms with Gasteiger partial charge in [-0.25, -0.2) is 9.78 Å². The lowest BCUT2D eigenvalue weighted by Gasteiger charge is -2.36. The minimum Gasteiger partial charge on any atom is -0.465 e. The molecule has 0 aliphatic heterocycles. The lowest BCUT2D eigenvalue weighted by Crippen LogP contribution is -2.47. The van der Waals surface area contributed by atoms with Gasteiger partial charge in [-0.3, -0.25) is 0 Å². The average Bonchev–Trinajstić information content (AvgIpc) is 2.95. The normalized spacial score (nSPS) is 17.2. The summed E-state index contributed by atoms with van der Waals surface area (Å²) in [6.07, 6.45) is 6.55.